The van der Waals surface area contributed by atoms with Crippen molar-refractivity contribution in [2.75, 3.05) is 6.54 Å². The van der Waals surface area contributed by atoms with Crippen LogP contribution in [0.25, 0.3) is 6.08 Å². The molecule has 1 saturated heterocycles. The molecule has 0 bridgehead atoms. The Morgan fingerprint density at radius 3 is 2.26 bits per heavy atom. The van der Waals surface area contributed by atoms with E-state index in [1.54, 1.807) is 48.5 Å². The van der Waals surface area contributed by atoms with Crippen molar-refractivity contribution in [3.05, 3.63) is 77.5 Å². The number of carbonyl (C=O) groups excluding carboxylic acids is 2. The van der Waals surface area contributed by atoms with Gasteiger partial charge in [0.1, 0.15) is 11.7 Å². The van der Waals surface area contributed by atoms with Gasteiger partial charge in [0.25, 0.3) is 11.8 Å². The van der Waals surface area contributed by atoms with Gasteiger partial charge in [0.2, 0.25) is 0 Å². The molecule has 1 aliphatic heterocycles. The minimum Gasteiger partial charge on any atom is -0.480 e. The third kappa shape index (κ3) is 4.41. The van der Waals surface area contributed by atoms with Crippen molar-refractivity contribution < 1.29 is 19.5 Å². The lowest BCUT2D eigenvalue weighted by atomic mass is 10.1. The van der Waals surface area contributed by atoms with E-state index in [1.807, 2.05) is 18.2 Å². The Labute approximate surface area is 157 Å². The molecular formula is C21H20N2O4. The highest BCUT2D eigenvalue weighted by molar-refractivity contribution is 6.06. The fraction of sp³-hybridized carbons (Fsp3) is 0.190. The zero-order valence-corrected chi connectivity index (χ0v) is 14.7. The third-order valence-corrected chi connectivity index (χ3v) is 4.42. The Bertz CT molecular complexity index is 862. The van der Waals surface area contributed by atoms with Gasteiger partial charge in [0.15, 0.2) is 0 Å². The highest BCUT2D eigenvalue weighted by atomic mass is 16.4. The topological polar surface area (TPSA) is 86.7 Å². The summed E-state index contributed by atoms with van der Waals surface area (Å²) in [6.45, 7) is 0.350. The molecule has 2 amide bonds. The molecule has 2 aromatic carbocycles. The number of rotatable bonds is 5. The summed E-state index contributed by atoms with van der Waals surface area (Å²) in [4.78, 5) is 38.3. The normalized spacial score (nSPS) is 16.8. The largest absolute Gasteiger partial charge is 0.480 e. The molecule has 0 spiro atoms. The monoisotopic (exact) mass is 364 g/mol. The summed E-state index contributed by atoms with van der Waals surface area (Å²) in [5, 5.41) is 12.0. The quantitative estimate of drug-likeness (QED) is 0.798. The number of carbonyl (C=O) groups is 3. The molecule has 2 aromatic rings. The summed E-state index contributed by atoms with van der Waals surface area (Å²) in [5.74, 6) is -1.94. The Hall–Kier alpha value is -3.41. The minimum absolute atomic E-state index is 0.0585. The molecule has 138 valence electrons. The zero-order chi connectivity index (χ0) is 19.2. The molecule has 2 N–H and O–H groups in total. The van der Waals surface area contributed by atoms with E-state index in [9.17, 15) is 19.5 Å². The maximum atomic E-state index is 13.0. The average molecular weight is 364 g/mol. The van der Waals surface area contributed by atoms with Gasteiger partial charge in [-0.3, -0.25) is 9.59 Å². The van der Waals surface area contributed by atoms with Crippen LogP contribution in [0.4, 0.5) is 0 Å². The fourth-order valence-electron chi connectivity index (χ4n) is 3.07. The maximum absolute atomic E-state index is 13.0. The SMILES string of the molecule is O=C(N/C(=C\c1ccccc1)C(=O)N1CCCC1C(=O)O)c1ccccc1. The second-order valence-corrected chi connectivity index (χ2v) is 6.28. The van der Waals surface area contributed by atoms with E-state index in [4.69, 9.17) is 0 Å². The summed E-state index contributed by atoms with van der Waals surface area (Å²) >= 11 is 0. The molecule has 3 rings (SSSR count). The molecule has 6 nitrogen and oxygen atoms in total. The number of amides is 2. The smallest absolute Gasteiger partial charge is 0.326 e. The second kappa shape index (κ2) is 8.31. The Morgan fingerprint density at radius 2 is 1.63 bits per heavy atom. The lowest BCUT2D eigenvalue weighted by Crippen LogP contribution is -2.44. The third-order valence-electron chi connectivity index (χ3n) is 4.42. The number of likely N-dealkylation sites (tertiary alicyclic amines) is 1. The number of carboxylic acid groups (broad SMARTS) is 1. The first-order valence-corrected chi connectivity index (χ1v) is 8.73. The van der Waals surface area contributed by atoms with Crippen LogP contribution in [0.5, 0.6) is 0 Å². The average Bonchev–Trinajstić information content (AvgIpc) is 3.18. The maximum Gasteiger partial charge on any atom is 0.326 e. The van der Waals surface area contributed by atoms with E-state index in [0.717, 1.165) is 5.56 Å². The lowest BCUT2D eigenvalue weighted by molar-refractivity contribution is -0.146. The van der Waals surface area contributed by atoms with Gasteiger partial charge >= 0.3 is 5.97 Å². The van der Waals surface area contributed by atoms with Crippen molar-refractivity contribution in [3.8, 4) is 0 Å². The van der Waals surface area contributed by atoms with Crippen LogP contribution in [0.2, 0.25) is 0 Å². The summed E-state index contributed by atoms with van der Waals surface area (Å²) in [6.07, 6.45) is 2.60. The van der Waals surface area contributed by atoms with Crippen LogP contribution < -0.4 is 5.32 Å². The highest BCUT2D eigenvalue weighted by Crippen LogP contribution is 2.20. The molecule has 6 heteroatoms. The van der Waals surface area contributed by atoms with Crippen LogP contribution in [0, 0.1) is 0 Å². The first kappa shape index (κ1) is 18.4. The predicted octanol–water partition coefficient (Wildman–Crippen LogP) is 2.53. The molecule has 1 atom stereocenters. The number of aliphatic carboxylic acids is 1. The van der Waals surface area contributed by atoms with Crippen molar-refractivity contribution in [2.24, 2.45) is 0 Å². The van der Waals surface area contributed by atoms with Crippen LogP contribution >= 0.6 is 0 Å². The number of nitrogens with one attached hydrogen (secondary N) is 1. The van der Waals surface area contributed by atoms with Gasteiger partial charge in [-0.25, -0.2) is 4.79 Å². The van der Waals surface area contributed by atoms with Crippen molar-refractivity contribution in [1.82, 2.24) is 10.2 Å². The van der Waals surface area contributed by atoms with E-state index >= 15 is 0 Å². The molecule has 0 aliphatic carbocycles. The van der Waals surface area contributed by atoms with Gasteiger partial charge in [0, 0.05) is 12.1 Å². The minimum atomic E-state index is -1.03. The van der Waals surface area contributed by atoms with Crippen LogP contribution in [-0.2, 0) is 9.59 Å². The van der Waals surface area contributed by atoms with Gasteiger partial charge in [0.05, 0.1) is 0 Å². The summed E-state index contributed by atoms with van der Waals surface area (Å²) in [5.41, 5.74) is 1.21. The van der Waals surface area contributed by atoms with E-state index < -0.39 is 23.8 Å². The Kier molecular flexibility index (Phi) is 5.66. The summed E-state index contributed by atoms with van der Waals surface area (Å²) in [6, 6.07) is 16.8. The zero-order valence-electron chi connectivity index (χ0n) is 14.7. The lowest BCUT2D eigenvalue weighted by Gasteiger charge is -2.23. The Balaban J connectivity index is 1.90. The van der Waals surface area contributed by atoms with E-state index in [0.29, 0.717) is 24.9 Å². The Morgan fingerprint density at radius 1 is 1.00 bits per heavy atom. The van der Waals surface area contributed by atoms with Crippen LogP contribution in [-0.4, -0.2) is 40.4 Å². The highest BCUT2D eigenvalue weighted by Gasteiger charge is 2.35. The molecule has 1 unspecified atom stereocenters. The molecule has 0 aromatic heterocycles. The molecule has 27 heavy (non-hydrogen) atoms. The number of nitrogens with zero attached hydrogens (tertiary/aromatic N) is 1. The van der Waals surface area contributed by atoms with Crippen LogP contribution in [0.1, 0.15) is 28.8 Å². The molecule has 0 radical (unpaired) electrons. The first-order chi connectivity index (χ1) is 13.1. The van der Waals surface area contributed by atoms with Gasteiger partial charge in [-0.15, -0.1) is 0 Å². The number of hydrogen-bond donors (Lipinski definition) is 2. The molecule has 1 heterocycles. The molecular weight excluding hydrogens is 344 g/mol. The van der Waals surface area contributed by atoms with Gasteiger partial charge in [-0.1, -0.05) is 48.5 Å². The fourth-order valence-corrected chi connectivity index (χ4v) is 3.07. The standard InChI is InChI=1S/C21H20N2O4/c24-19(16-10-5-2-6-11-16)22-17(14-15-8-3-1-4-9-15)20(25)23-13-7-12-18(23)21(26)27/h1-6,8-11,14,18H,7,12-13H2,(H,22,24)(H,26,27)/b17-14-. The number of benzene rings is 2. The van der Waals surface area contributed by atoms with Gasteiger partial charge in [-0.05, 0) is 36.6 Å². The first-order valence-electron chi connectivity index (χ1n) is 8.73. The number of carboxylic acids is 1. The van der Waals surface area contributed by atoms with Crippen molar-refractivity contribution in [2.45, 2.75) is 18.9 Å². The van der Waals surface area contributed by atoms with Crippen molar-refractivity contribution >= 4 is 23.9 Å². The molecule has 0 saturated carbocycles. The van der Waals surface area contributed by atoms with E-state index in [1.165, 1.54) is 4.90 Å². The second-order valence-electron chi connectivity index (χ2n) is 6.28. The van der Waals surface area contributed by atoms with E-state index in [2.05, 4.69) is 5.32 Å². The molecule has 1 fully saturated rings. The van der Waals surface area contributed by atoms with Crippen molar-refractivity contribution in [3.63, 3.8) is 0 Å². The van der Waals surface area contributed by atoms with Crippen LogP contribution in [0.3, 0.4) is 0 Å². The summed E-state index contributed by atoms with van der Waals surface area (Å²) in [7, 11) is 0. The predicted molar refractivity (Wildman–Crippen MR) is 101 cm³/mol. The number of hydrogen-bond acceptors (Lipinski definition) is 3. The summed E-state index contributed by atoms with van der Waals surface area (Å²) < 4.78 is 0. The molecule has 1 aliphatic rings. The van der Waals surface area contributed by atoms with Crippen LogP contribution in [0.15, 0.2) is 66.4 Å². The van der Waals surface area contributed by atoms with E-state index in [-0.39, 0.29) is 5.70 Å². The van der Waals surface area contributed by atoms with Crippen molar-refractivity contribution in [1.29, 1.82) is 0 Å². The van der Waals surface area contributed by atoms with Gasteiger partial charge < -0.3 is 15.3 Å². The van der Waals surface area contributed by atoms with Gasteiger partial charge in [-0.2, -0.15) is 0 Å².